The lowest BCUT2D eigenvalue weighted by Gasteiger charge is -2.40. The first-order valence-corrected chi connectivity index (χ1v) is 20.7. The first-order valence-electron chi connectivity index (χ1n) is 20.7. The van der Waals surface area contributed by atoms with Crippen LogP contribution in [0.25, 0.3) is 0 Å². The zero-order valence-corrected chi connectivity index (χ0v) is 31.8. The van der Waals surface area contributed by atoms with Crippen molar-refractivity contribution in [3.8, 4) is 0 Å². The summed E-state index contributed by atoms with van der Waals surface area (Å²) >= 11 is 0. The summed E-state index contributed by atoms with van der Waals surface area (Å²) in [7, 11) is 0. The number of carbonyl (C=O) groups excluding carboxylic acids is 2. The van der Waals surface area contributed by atoms with Crippen molar-refractivity contribution < 1.29 is 34.8 Å². The average Bonchev–Trinajstić information content (AvgIpc) is 3.09. The highest BCUT2D eigenvalue weighted by molar-refractivity contribution is 5.77. The summed E-state index contributed by atoms with van der Waals surface area (Å²) in [6.45, 7) is 4.97. The number of nitrogens with one attached hydrogen (secondary N) is 1. The van der Waals surface area contributed by atoms with Gasteiger partial charge in [-0.2, -0.15) is 0 Å². The van der Waals surface area contributed by atoms with Gasteiger partial charge in [0.15, 0.2) is 6.29 Å². The number of unbranched alkanes of at least 4 members (excludes halogenated alkanes) is 24. The van der Waals surface area contributed by atoms with Gasteiger partial charge >= 0.3 is 0 Å². The Balaban J connectivity index is 2.30. The van der Waals surface area contributed by atoms with Crippen molar-refractivity contribution in [3.05, 3.63) is 0 Å². The molecule has 1 unspecified atom stereocenters. The molecule has 0 aromatic rings. The molecule has 0 aromatic heterocycles. The standard InChI is InChI=1S/C40H78N2O7/c1-3-5-7-9-11-13-15-17-19-21-23-25-27-29-35(43)41-31-32-42(33-34-37(45)38(46)39(47)40(48)49-34)36(44)30-28-26-24-22-20-18-16-14-12-10-8-6-4-2/h34,37-40,45-48H,3-33H2,1-2H3,(H,41,43)/t34-,37+,38+,39-,40?/m1/s1. The molecule has 1 heterocycles. The van der Waals surface area contributed by atoms with E-state index < -0.39 is 30.7 Å². The van der Waals surface area contributed by atoms with Crippen LogP contribution in [0.15, 0.2) is 0 Å². The number of ether oxygens (including phenoxy) is 1. The summed E-state index contributed by atoms with van der Waals surface area (Å²) < 4.78 is 5.36. The van der Waals surface area contributed by atoms with Gasteiger partial charge in [-0.15, -0.1) is 0 Å². The van der Waals surface area contributed by atoms with Crippen molar-refractivity contribution in [1.82, 2.24) is 10.2 Å². The SMILES string of the molecule is CCCCCCCCCCCCCCCC(=O)NCCN(C[C@H]1OC(O)[C@H](O)[C@@H](O)[C@H]1O)C(=O)CCCCCCCCCCCCCCC. The number of aliphatic hydroxyl groups is 4. The molecule has 0 radical (unpaired) electrons. The summed E-state index contributed by atoms with van der Waals surface area (Å²) in [6.07, 6.45) is 25.7. The molecular weight excluding hydrogens is 620 g/mol. The van der Waals surface area contributed by atoms with Gasteiger partial charge < -0.3 is 35.4 Å². The zero-order chi connectivity index (χ0) is 36.0. The molecule has 5 atom stereocenters. The predicted octanol–water partition coefficient (Wildman–Crippen LogP) is 7.69. The highest BCUT2D eigenvalue weighted by atomic mass is 16.6. The molecule has 0 saturated carbocycles. The number of hydrogen-bond acceptors (Lipinski definition) is 7. The summed E-state index contributed by atoms with van der Waals surface area (Å²) in [5, 5.41) is 43.4. The number of hydrogen-bond donors (Lipinski definition) is 5. The number of aliphatic hydroxyl groups excluding tert-OH is 4. The lowest BCUT2D eigenvalue weighted by Crippen LogP contribution is -2.60. The van der Waals surface area contributed by atoms with Crippen molar-refractivity contribution in [3.63, 3.8) is 0 Å². The number of carbonyl (C=O) groups is 2. The maximum Gasteiger partial charge on any atom is 0.222 e. The third-order valence-corrected chi connectivity index (χ3v) is 10.1. The van der Waals surface area contributed by atoms with Gasteiger partial charge in [0.1, 0.15) is 24.4 Å². The predicted molar refractivity (Wildman–Crippen MR) is 199 cm³/mol. The molecule has 5 N–H and O–H groups in total. The van der Waals surface area contributed by atoms with E-state index in [4.69, 9.17) is 4.74 Å². The molecule has 0 aliphatic carbocycles. The van der Waals surface area contributed by atoms with Crippen LogP contribution < -0.4 is 5.32 Å². The Kier molecular flexibility index (Phi) is 29.4. The van der Waals surface area contributed by atoms with Gasteiger partial charge in [0.25, 0.3) is 0 Å². The lowest BCUT2D eigenvalue weighted by atomic mass is 9.98. The van der Waals surface area contributed by atoms with E-state index in [1.807, 2.05) is 0 Å². The van der Waals surface area contributed by atoms with Crippen LogP contribution in [-0.2, 0) is 14.3 Å². The molecule has 1 fully saturated rings. The molecule has 9 nitrogen and oxygen atoms in total. The molecule has 1 aliphatic rings. The fourth-order valence-electron chi connectivity index (χ4n) is 6.79. The fraction of sp³-hybridized carbons (Fsp3) is 0.950. The van der Waals surface area contributed by atoms with Crippen molar-refractivity contribution in [2.24, 2.45) is 0 Å². The van der Waals surface area contributed by atoms with Gasteiger partial charge in [-0.05, 0) is 12.8 Å². The molecule has 1 aliphatic heterocycles. The molecular formula is C40H78N2O7. The van der Waals surface area contributed by atoms with Crippen LogP contribution in [0.1, 0.15) is 194 Å². The molecule has 0 bridgehead atoms. The van der Waals surface area contributed by atoms with Crippen molar-refractivity contribution in [1.29, 1.82) is 0 Å². The average molecular weight is 699 g/mol. The van der Waals surface area contributed by atoms with Crippen molar-refractivity contribution >= 4 is 11.8 Å². The quantitative estimate of drug-likeness (QED) is 0.0443. The third kappa shape index (κ3) is 23.8. The van der Waals surface area contributed by atoms with Gasteiger partial charge in [0.05, 0.1) is 0 Å². The van der Waals surface area contributed by atoms with Crippen LogP contribution in [0.3, 0.4) is 0 Å². The maximum atomic E-state index is 13.2. The van der Waals surface area contributed by atoms with Crippen molar-refractivity contribution in [2.45, 2.75) is 224 Å². The minimum absolute atomic E-state index is 0.0325. The number of rotatable bonds is 33. The van der Waals surface area contributed by atoms with E-state index in [-0.39, 0.29) is 31.4 Å². The highest BCUT2D eigenvalue weighted by Gasteiger charge is 2.43. The molecule has 0 spiro atoms. The number of nitrogens with zero attached hydrogens (tertiary/aromatic N) is 1. The summed E-state index contributed by atoms with van der Waals surface area (Å²) in [5.74, 6) is -0.144. The second-order valence-corrected chi connectivity index (χ2v) is 14.7. The van der Waals surface area contributed by atoms with E-state index >= 15 is 0 Å². The van der Waals surface area contributed by atoms with Crippen LogP contribution in [0.4, 0.5) is 0 Å². The third-order valence-electron chi connectivity index (χ3n) is 10.1. The first kappa shape index (κ1) is 45.8. The molecule has 9 heteroatoms. The van der Waals surface area contributed by atoms with E-state index in [2.05, 4.69) is 19.2 Å². The Bertz CT molecular complexity index is 786. The van der Waals surface area contributed by atoms with E-state index in [0.29, 0.717) is 12.8 Å². The van der Waals surface area contributed by atoms with Crippen LogP contribution in [0.5, 0.6) is 0 Å². The Hall–Kier alpha value is -1.26. The van der Waals surface area contributed by atoms with E-state index in [1.165, 1.54) is 133 Å². The lowest BCUT2D eigenvalue weighted by molar-refractivity contribution is -0.283. The number of amides is 2. The second-order valence-electron chi connectivity index (χ2n) is 14.7. The Labute approximate surface area is 300 Å². The van der Waals surface area contributed by atoms with Gasteiger partial charge in [0, 0.05) is 32.5 Å². The van der Waals surface area contributed by atoms with Gasteiger partial charge in [0.2, 0.25) is 11.8 Å². The first-order chi connectivity index (χ1) is 23.8. The second kappa shape index (κ2) is 31.5. The van der Waals surface area contributed by atoms with Gasteiger partial charge in [-0.1, -0.05) is 168 Å². The molecule has 49 heavy (non-hydrogen) atoms. The Morgan fingerprint density at radius 2 is 0.918 bits per heavy atom. The molecule has 2 amide bonds. The fourth-order valence-corrected chi connectivity index (χ4v) is 6.79. The minimum atomic E-state index is -1.65. The van der Waals surface area contributed by atoms with E-state index in [1.54, 1.807) is 0 Å². The molecule has 0 aromatic carbocycles. The highest BCUT2D eigenvalue weighted by Crippen LogP contribution is 2.21. The monoisotopic (exact) mass is 699 g/mol. The van der Waals surface area contributed by atoms with Crippen LogP contribution >= 0.6 is 0 Å². The van der Waals surface area contributed by atoms with E-state index in [0.717, 1.165) is 38.5 Å². The molecule has 1 saturated heterocycles. The summed E-state index contributed by atoms with van der Waals surface area (Å²) in [4.78, 5) is 27.3. The van der Waals surface area contributed by atoms with Gasteiger partial charge in [-0.25, -0.2) is 0 Å². The van der Waals surface area contributed by atoms with Crippen LogP contribution in [0.2, 0.25) is 0 Å². The molecule has 1 rings (SSSR count). The smallest absolute Gasteiger partial charge is 0.222 e. The minimum Gasteiger partial charge on any atom is -0.388 e. The topological polar surface area (TPSA) is 140 Å². The Morgan fingerprint density at radius 1 is 0.531 bits per heavy atom. The normalized spacial score (nSPS) is 20.8. The van der Waals surface area contributed by atoms with Gasteiger partial charge in [-0.3, -0.25) is 9.59 Å². The maximum absolute atomic E-state index is 13.2. The van der Waals surface area contributed by atoms with Crippen LogP contribution in [0, 0.1) is 0 Å². The Morgan fingerprint density at radius 3 is 1.35 bits per heavy atom. The molecule has 290 valence electrons. The largest absolute Gasteiger partial charge is 0.388 e. The van der Waals surface area contributed by atoms with Crippen molar-refractivity contribution in [2.75, 3.05) is 19.6 Å². The van der Waals surface area contributed by atoms with Crippen LogP contribution in [-0.4, -0.2) is 87.5 Å². The van der Waals surface area contributed by atoms with E-state index in [9.17, 15) is 30.0 Å². The zero-order valence-electron chi connectivity index (χ0n) is 31.8. The summed E-state index contributed by atoms with van der Waals surface area (Å²) in [5.41, 5.74) is 0. The summed E-state index contributed by atoms with van der Waals surface area (Å²) in [6, 6.07) is 0.